The monoisotopic (exact) mass is 390 g/mol. The molecule has 0 saturated carbocycles. The third-order valence-corrected chi connectivity index (χ3v) is 4.88. The number of nitrogens with zero attached hydrogens (tertiary/aromatic N) is 2. The fourth-order valence-electron chi connectivity index (χ4n) is 3.28. The van der Waals surface area contributed by atoms with Gasteiger partial charge in [0.25, 0.3) is 5.56 Å². The minimum absolute atomic E-state index is 0.117. The van der Waals surface area contributed by atoms with Gasteiger partial charge in [-0.1, -0.05) is 54.6 Å². The van der Waals surface area contributed by atoms with Gasteiger partial charge < -0.3 is 4.74 Å². The Labute approximate surface area is 168 Å². The quantitative estimate of drug-likeness (QED) is 0.450. The number of benzene rings is 3. The molecule has 4 aromatic rings. The Kier molecular flexibility index (Phi) is 5.13. The van der Waals surface area contributed by atoms with E-state index in [2.05, 4.69) is 4.98 Å². The predicted octanol–water partition coefficient (Wildman–Crippen LogP) is 5.01. The summed E-state index contributed by atoms with van der Waals surface area (Å²) in [5.41, 5.74) is 3.08. The highest BCUT2D eigenvalue weighted by molar-refractivity contribution is 6.16. The summed E-state index contributed by atoms with van der Waals surface area (Å²) in [6, 6.07) is 23.0. The molecular formula is C23H19ClN2O2. The number of para-hydroxylation sites is 2. The van der Waals surface area contributed by atoms with Crippen LogP contribution < -0.4 is 10.3 Å². The molecule has 0 atom stereocenters. The summed E-state index contributed by atoms with van der Waals surface area (Å²) < 4.78 is 7.60. The van der Waals surface area contributed by atoms with E-state index < -0.39 is 0 Å². The summed E-state index contributed by atoms with van der Waals surface area (Å²) in [6.45, 7) is 2.32. The van der Waals surface area contributed by atoms with E-state index in [-0.39, 0.29) is 11.4 Å². The topological polar surface area (TPSA) is 44.1 Å². The molecule has 0 amide bonds. The molecule has 4 nitrogen and oxygen atoms in total. The van der Waals surface area contributed by atoms with Crippen LogP contribution in [0.5, 0.6) is 5.75 Å². The van der Waals surface area contributed by atoms with E-state index in [1.807, 2.05) is 79.7 Å². The number of hydrogen-bond acceptors (Lipinski definition) is 3. The van der Waals surface area contributed by atoms with E-state index in [9.17, 15) is 4.79 Å². The van der Waals surface area contributed by atoms with E-state index in [1.54, 1.807) is 4.57 Å². The molecule has 140 valence electrons. The number of ether oxygens (including phenoxy) is 1. The van der Waals surface area contributed by atoms with Crippen LogP contribution in [0.2, 0.25) is 0 Å². The number of fused-ring (bicyclic) bond motifs is 1. The molecule has 0 N–H and O–H groups in total. The van der Waals surface area contributed by atoms with Crippen molar-refractivity contribution in [3.63, 3.8) is 0 Å². The Hall–Kier alpha value is -3.11. The zero-order valence-corrected chi connectivity index (χ0v) is 16.2. The van der Waals surface area contributed by atoms with Crippen LogP contribution in [-0.2, 0) is 12.5 Å². The Morgan fingerprint density at radius 3 is 2.50 bits per heavy atom. The van der Waals surface area contributed by atoms with E-state index in [0.717, 1.165) is 11.1 Å². The van der Waals surface area contributed by atoms with Crippen molar-refractivity contribution in [2.45, 2.75) is 19.4 Å². The van der Waals surface area contributed by atoms with E-state index in [1.165, 1.54) is 0 Å². The van der Waals surface area contributed by atoms with Crippen LogP contribution in [-0.4, -0.2) is 9.55 Å². The molecule has 3 aromatic carbocycles. The van der Waals surface area contributed by atoms with Crippen molar-refractivity contribution in [2.75, 3.05) is 0 Å². The van der Waals surface area contributed by atoms with Crippen LogP contribution in [0.15, 0.2) is 77.6 Å². The van der Waals surface area contributed by atoms with Crippen molar-refractivity contribution >= 4 is 22.5 Å². The predicted molar refractivity (Wildman–Crippen MR) is 112 cm³/mol. The summed E-state index contributed by atoms with van der Waals surface area (Å²) in [7, 11) is 0. The zero-order chi connectivity index (χ0) is 19.5. The molecule has 0 spiro atoms. The molecule has 4 rings (SSSR count). The molecule has 0 aliphatic rings. The molecule has 1 heterocycles. The number of rotatable bonds is 5. The lowest BCUT2D eigenvalue weighted by Crippen LogP contribution is -2.24. The van der Waals surface area contributed by atoms with Crippen LogP contribution in [0.3, 0.4) is 0 Å². The summed E-state index contributed by atoms with van der Waals surface area (Å²) >= 11 is 6.16. The highest BCUT2D eigenvalue weighted by Gasteiger charge is 2.16. The van der Waals surface area contributed by atoms with Crippen molar-refractivity contribution in [3.05, 3.63) is 100 Å². The number of halogens is 1. The Morgan fingerprint density at radius 2 is 1.71 bits per heavy atom. The SMILES string of the molecule is Cc1cccc2nc(CCl)n(-c3ccccc3OCc3ccccc3)c(=O)c12. The molecular weight excluding hydrogens is 372 g/mol. The minimum Gasteiger partial charge on any atom is -0.487 e. The van der Waals surface area contributed by atoms with Crippen molar-refractivity contribution in [2.24, 2.45) is 0 Å². The van der Waals surface area contributed by atoms with Crippen molar-refractivity contribution in [3.8, 4) is 11.4 Å². The molecule has 28 heavy (non-hydrogen) atoms. The van der Waals surface area contributed by atoms with Gasteiger partial charge in [-0.3, -0.25) is 9.36 Å². The van der Waals surface area contributed by atoms with E-state index in [4.69, 9.17) is 16.3 Å². The smallest absolute Gasteiger partial charge is 0.266 e. The molecule has 1 aromatic heterocycles. The summed E-state index contributed by atoms with van der Waals surface area (Å²) in [5.74, 6) is 1.21. The number of aryl methyl sites for hydroxylation is 1. The second-order valence-corrected chi connectivity index (χ2v) is 6.78. The van der Waals surface area contributed by atoms with Crippen LogP contribution in [0.4, 0.5) is 0 Å². The second kappa shape index (κ2) is 7.87. The van der Waals surface area contributed by atoms with Gasteiger partial charge in [0.1, 0.15) is 18.2 Å². The Morgan fingerprint density at radius 1 is 0.964 bits per heavy atom. The van der Waals surface area contributed by atoms with Gasteiger partial charge >= 0.3 is 0 Å². The minimum atomic E-state index is -0.144. The molecule has 0 aliphatic heterocycles. The van der Waals surface area contributed by atoms with Crippen LogP contribution >= 0.6 is 11.6 Å². The maximum atomic E-state index is 13.4. The molecule has 5 heteroatoms. The van der Waals surface area contributed by atoms with E-state index in [0.29, 0.717) is 34.8 Å². The average Bonchev–Trinajstić information content (AvgIpc) is 2.73. The lowest BCUT2D eigenvalue weighted by molar-refractivity contribution is 0.305. The molecule has 0 fully saturated rings. The lowest BCUT2D eigenvalue weighted by atomic mass is 10.1. The van der Waals surface area contributed by atoms with Gasteiger partial charge in [0.15, 0.2) is 0 Å². The van der Waals surface area contributed by atoms with Gasteiger partial charge in [0, 0.05) is 0 Å². The summed E-state index contributed by atoms with van der Waals surface area (Å²) in [5, 5.41) is 0.592. The third-order valence-electron chi connectivity index (χ3n) is 4.64. The number of alkyl halides is 1. The normalized spacial score (nSPS) is 10.9. The van der Waals surface area contributed by atoms with Gasteiger partial charge in [0.05, 0.1) is 22.5 Å². The van der Waals surface area contributed by atoms with E-state index >= 15 is 0 Å². The second-order valence-electron chi connectivity index (χ2n) is 6.51. The third kappa shape index (κ3) is 3.39. The largest absolute Gasteiger partial charge is 0.487 e. The fourth-order valence-corrected chi connectivity index (χ4v) is 3.46. The van der Waals surface area contributed by atoms with Gasteiger partial charge in [-0.15, -0.1) is 11.6 Å². The summed E-state index contributed by atoms with van der Waals surface area (Å²) in [6.07, 6.45) is 0. The zero-order valence-electron chi connectivity index (χ0n) is 15.4. The summed E-state index contributed by atoms with van der Waals surface area (Å²) in [4.78, 5) is 18.0. The number of hydrogen-bond donors (Lipinski definition) is 0. The average molecular weight is 391 g/mol. The van der Waals surface area contributed by atoms with Crippen molar-refractivity contribution in [1.29, 1.82) is 0 Å². The first-order valence-electron chi connectivity index (χ1n) is 9.02. The number of aromatic nitrogens is 2. The Bertz CT molecular complexity index is 1190. The van der Waals surface area contributed by atoms with Gasteiger partial charge in [-0.25, -0.2) is 4.98 Å². The highest BCUT2D eigenvalue weighted by Crippen LogP contribution is 2.25. The van der Waals surface area contributed by atoms with Crippen LogP contribution in [0, 0.1) is 6.92 Å². The molecule has 0 unspecified atom stereocenters. The van der Waals surface area contributed by atoms with Crippen molar-refractivity contribution in [1.82, 2.24) is 9.55 Å². The lowest BCUT2D eigenvalue weighted by Gasteiger charge is -2.17. The molecule has 0 radical (unpaired) electrons. The van der Waals surface area contributed by atoms with Crippen LogP contribution in [0.25, 0.3) is 16.6 Å². The molecule has 0 aliphatic carbocycles. The van der Waals surface area contributed by atoms with Crippen molar-refractivity contribution < 1.29 is 4.74 Å². The molecule has 0 bridgehead atoms. The maximum absolute atomic E-state index is 13.4. The maximum Gasteiger partial charge on any atom is 0.266 e. The van der Waals surface area contributed by atoms with Gasteiger partial charge in [-0.2, -0.15) is 0 Å². The first kappa shape index (κ1) is 18.3. The molecule has 0 saturated heterocycles. The highest BCUT2D eigenvalue weighted by atomic mass is 35.5. The van der Waals surface area contributed by atoms with Gasteiger partial charge in [-0.05, 0) is 36.2 Å². The standard InChI is InChI=1S/C23H19ClN2O2/c1-16-8-7-11-18-22(16)23(27)26(21(14-24)25-18)19-12-5-6-13-20(19)28-15-17-9-3-2-4-10-17/h2-13H,14-15H2,1H3. The fraction of sp³-hybridized carbons (Fsp3) is 0.130. The van der Waals surface area contributed by atoms with Gasteiger partial charge in [0.2, 0.25) is 0 Å². The first-order valence-corrected chi connectivity index (χ1v) is 9.56. The van der Waals surface area contributed by atoms with Crippen LogP contribution in [0.1, 0.15) is 17.0 Å². The Balaban J connectivity index is 1.85. The first-order chi connectivity index (χ1) is 13.7.